The third-order valence-electron chi connectivity index (χ3n) is 10.4. The van der Waals surface area contributed by atoms with Gasteiger partial charge in [0.15, 0.2) is 11.5 Å². The van der Waals surface area contributed by atoms with Gasteiger partial charge in [0.25, 0.3) is 5.91 Å². The molecular weight excluding hydrogens is 886 g/mol. The Labute approximate surface area is 369 Å². The molecule has 0 bridgehead atoms. The number of anilines is 3. The summed E-state index contributed by atoms with van der Waals surface area (Å²) in [5.74, 6) is -0.301. The molecule has 4 amide bonds. The van der Waals surface area contributed by atoms with E-state index >= 15 is 0 Å². The molecule has 5 aromatic rings. The number of piperidine rings is 1. The van der Waals surface area contributed by atoms with Crippen LogP contribution in [0.25, 0.3) is 10.9 Å². The molecule has 7 rings (SSSR count). The molecule has 2 N–H and O–H groups in total. The van der Waals surface area contributed by atoms with Crippen molar-refractivity contribution in [1.82, 2.24) is 29.7 Å². The van der Waals surface area contributed by atoms with E-state index in [4.69, 9.17) is 23.7 Å². The molecule has 20 nitrogen and oxygen atoms in total. The van der Waals surface area contributed by atoms with Crippen LogP contribution in [0.1, 0.15) is 40.9 Å². The number of nitrogens with zero attached hydrogens (tertiary/aromatic N) is 7. The van der Waals surface area contributed by atoms with Crippen molar-refractivity contribution in [3.05, 3.63) is 98.5 Å². The Morgan fingerprint density at radius 2 is 1.71 bits per heavy atom. The zero-order valence-electron chi connectivity index (χ0n) is 34.4. The molecular formula is C42H44BrN9O11. The molecule has 21 heteroatoms. The number of aromatic nitrogens is 4. The Kier molecular flexibility index (Phi) is 14.5. The summed E-state index contributed by atoms with van der Waals surface area (Å²) < 4.78 is 30.9. The molecule has 1 unspecified atom stereocenters. The van der Waals surface area contributed by atoms with Gasteiger partial charge in [-0.2, -0.15) is 0 Å². The van der Waals surface area contributed by atoms with Crippen molar-refractivity contribution in [2.75, 3.05) is 63.6 Å². The molecule has 2 aliphatic rings. The minimum Gasteiger partial charge on any atom is -0.493 e. The Morgan fingerprint density at radius 1 is 0.968 bits per heavy atom. The van der Waals surface area contributed by atoms with E-state index in [-0.39, 0.29) is 82.4 Å². The summed E-state index contributed by atoms with van der Waals surface area (Å²) in [7, 11) is 3.13. The number of carbonyl (C=O) groups excluding carboxylic acids is 4. The summed E-state index contributed by atoms with van der Waals surface area (Å²) in [6, 6.07) is 15.4. The van der Waals surface area contributed by atoms with Crippen LogP contribution < -0.4 is 25.0 Å². The number of imide groups is 1. The predicted molar refractivity (Wildman–Crippen MR) is 230 cm³/mol. The lowest BCUT2D eigenvalue weighted by molar-refractivity contribution is -0.396. The number of imidazole rings is 1. The van der Waals surface area contributed by atoms with Gasteiger partial charge in [0.1, 0.15) is 36.7 Å². The first-order chi connectivity index (χ1) is 30.5. The number of fused-ring (bicyclic) bond motifs is 2. The molecule has 0 saturated carbocycles. The summed E-state index contributed by atoms with van der Waals surface area (Å²) in [4.78, 5) is 77.2. The summed E-state index contributed by atoms with van der Waals surface area (Å²) in [6.45, 7) is 2.14. The highest BCUT2D eigenvalue weighted by molar-refractivity contribution is 9.10. The standard InChI is InChI=1S/C42H44BrN9O11/c1-49-28(22-44-42(49)52(57)58)23-50(27-6-3-5-26(43)19-27)39-30-20-36(35(59-2)21-33(30)45-25-46-39)63-18-17-62-16-15-61-14-13-60-12-11-38(54)47-32-8-4-7-29-31(32)24-51(41(29)56)34-9-10-37(53)48-40(34)55/h3-8,19-22,25,34H,9-18,23-24H2,1-2H3,(H,47,54)(H,48,53,55). The van der Waals surface area contributed by atoms with Crippen molar-refractivity contribution >= 4 is 73.6 Å². The fourth-order valence-electron chi connectivity index (χ4n) is 7.22. The molecule has 1 fully saturated rings. The average molecular weight is 931 g/mol. The number of benzene rings is 3. The molecule has 3 aromatic carbocycles. The number of amides is 4. The largest absolute Gasteiger partial charge is 0.493 e. The second-order valence-corrected chi connectivity index (χ2v) is 15.3. The predicted octanol–water partition coefficient (Wildman–Crippen LogP) is 4.60. The van der Waals surface area contributed by atoms with Crippen LogP contribution in [0.3, 0.4) is 0 Å². The quantitative estimate of drug-likeness (QED) is 0.0443. The van der Waals surface area contributed by atoms with Gasteiger partial charge in [-0.3, -0.25) is 24.5 Å². The van der Waals surface area contributed by atoms with Gasteiger partial charge in [-0.1, -0.05) is 33.0 Å². The van der Waals surface area contributed by atoms with Crippen molar-refractivity contribution in [1.29, 1.82) is 0 Å². The second-order valence-electron chi connectivity index (χ2n) is 14.4. The minimum atomic E-state index is -0.745. The van der Waals surface area contributed by atoms with E-state index in [0.29, 0.717) is 70.5 Å². The average Bonchev–Trinajstić information content (AvgIpc) is 3.81. The van der Waals surface area contributed by atoms with Crippen LogP contribution in [0, 0.1) is 10.1 Å². The van der Waals surface area contributed by atoms with Crippen LogP contribution in [0.15, 0.2) is 71.6 Å². The van der Waals surface area contributed by atoms with E-state index in [9.17, 15) is 29.3 Å². The smallest absolute Gasteiger partial charge is 0.434 e. The number of carbonyl (C=O) groups is 4. The number of nitrogens with one attached hydrogen (secondary N) is 2. The summed E-state index contributed by atoms with van der Waals surface area (Å²) in [6.07, 6.45) is 3.40. The number of halogens is 1. The first-order valence-electron chi connectivity index (χ1n) is 20.0. The van der Waals surface area contributed by atoms with Gasteiger partial charge in [-0.15, -0.1) is 0 Å². The third kappa shape index (κ3) is 10.6. The molecule has 1 saturated heterocycles. The van der Waals surface area contributed by atoms with Gasteiger partial charge in [0, 0.05) is 51.4 Å². The summed E-state index contributed by atoms with van der Waals surface area (Å²) >= 11 is 3.54. The Hall–Kier alpha value is -6.55. The lowest BCUT2D eigenvalue weighted by Crippen LogP contribution is -2.52. The number of methoxy groups -OCH3 is 1. The summed E-state index contributed by atoms with van der Waals surface area (Å²) in [5.41, 5.74) is 3.48. The van der Waals surface area contributed by atoms with E-state index in [0.717, 1.165) is 10.2 Å². The van der Waals surface area contributed by atoms with Crippen molar-refractivity contribution in [3.8, 4) is 11.5 Å². The monoisotopic (exact) mass is 929 g/mol. The molecule has 1 atom stereocenters. The van der Waals surface area contributed by atoms with Crippen molar-refractivity contribution in [2.45, 2.75) is 38.4 Å². The molecule has 330 valence electrons. The van der Waals surface area contributed by atoms with E-state index in [1.165, 1.54) is 29.1 Å². The van der Waals surface area contributed by atoms with Gasteiger partial charge in [0.05, 0.1) is 72.3 Å². The highest BCUT2D eigenvalue weighted by Crippen LogP contribution is 2.38. The van der Waals surface area contributed by atoms with E-state index < -0.39 is 16.9 Å². The zero-order valence-corrected chi connectivity index (χ0v) is 36.0. The normalized spacial score (nSPS) is 14.7. The topological polar surface area (TPSA) is 232 Å². The van der Waals surface area contributed by atoms with Gasteiger partial charge in [-0.25, -0.2) is 14.5 Å². The van der Waals surface area contributed by atoms with E-state index in [1.807, 2.05) is 29.2 Å². The first kappa shape index (κ1) is 44.5. The first-order valence-corrected chi connectivity index (χ1v) is 20.7. The van der Waals surface area contributed by atoms with Crippen molar-refractivity contribution in [3.63, 3.8) is 0 Å². The number of nitro groups is 1. The van der Waals surface area contributed by atoms with Crippen LogP contribution in [0.4, 0.5) is 23.1 Å². The Bertz CT molecular complexity index is 2520. The Morgan fingerprint density at radius 3 is 2.43 bits per heavy atom. The zero-order chi connectivity index (χ0) is 44.5. The maximum Gasteiger partial charge on any atom is 0.434 e. The maximum atomic E-state index is 13.1. The number of hydrogen-bond donors (Lipinski definition) is 2. The lowest BCUT2D eigenvalue weighted by Gasteiger charge is -2.29. The fourth-order valence-corrected chi connectivity index (χ4v) is 7.60. The second kappa shape index (κ2) is 20.5. The third-order valence-corrected chi connectivity index (χ3v) is 10.9. The van der Waals surface area contributed by atoms with Gasteiger partial charge in [-0.05, 0) is 47.7 Å². The molecule has 4 heterocycles. The number of ether oxygens (including phenoxy) is 5. The maximum absolute atomic E-state index is 13.1. The van der Waals surface area contributed by atoms with Gasteiger partial charge >= 0.3 is 5.95 Å². The fraction of sp³-hybridized carbons (Fsp3) is 0.357. The molecule has 0 spiro atoms. The Balaban J connectivity index is 0.837. The highest BCUT2D eigenvalue weighted by Gasteiger charge is 2.40. The lowest BCUT2D eigenvalue weighted by atomic mass is 10.0. The number of hydrogen-bond acceptors (Lipinski definition) is 15. The van der Waals surface area contributed by atoms with Crippen LogP contribution >= 0.6 is 15.9 Å². The molecule has 0 radical (unpaired) electrons. The van der Waals surface area contributed by atoms with Crippen molar-refractivity contribution < 1.29 is 47.8 Å². The number of rotatable bonds is 21. The van der Waals surface area contributed by atoms with E-state index in [1.54, 1.807) is 37.4 Å². The van der Waals surface area contributed by atoms with Crippen LogP contribution in [-0.4, -0.2) is 112 Å². The highest BCUT2D eigenvalue weighted by atomic mass is 79.9. The molecule has 0 aliphatic carbocycles. The van der Waals surface area contributed by atoms with Crippen LogP contribution in [-0.2, 0) is 48.7 Å². The molecule has 2 aliphatic heterocycles. The SMILES string of the molecule is COc1cc2ncnc(N(Cc3cnc([N+](=O)[O-])n3C)c3cccc(Br)c3)c2cc1OCCOCCOCCOCCC(=O)Nc1cccc2c1CN(C1CCC(=O)NC1=O)C2=O. The van der Waals surface area contributed by atoms with Gasteiger partial charge < -0.3 is 48.9 Å². The van der Waals surface area contributed by atoms with Crippen molar-refractivity contribution in [2.24, 2.45) is 7.05 Å². The minimum absolute atomic E-state index is 0.0786. The molecule has 63 heavy (non-hydrogen) atoms. The molecule has 2 aromatic heterocycles. The van der Waals surface area contributed by atoms with Gasteiger partial charge in [0.2, 0.25) is 17.7 Å². The van der Waals surface area contributed by atoms with Crippen LogP contribution in [0.2, 0.25) is 0 Å². The van der Waals surface area contributed by atoms with E-state index in [2.05, 4.69) is 41.5 Å². The summed E-state index contributed by atoms with van der Waals surface area (Å²) in [5, 5.41) is 17.3. The van der Waals surface area contributed by atoms with Crippen LogP contribution in [0.5, 0.6) is 11.5 Å².